The van der Waals surface area contributed by atoms with Crippen LogP contribution < -0.4 is 15.1 Å². The molecule has 2 heterocycles. The molecule has 1 aromatic heterocycles. The molecule has 0 spiro atoms. The van der Waals surface area contributed by atoms with Gasteiger partial charge in [0.1, 0.15) is 30.0 Å². The fourth-order valence-corrected chi connectivity index (χ4v) is 4.19. The van der Waals surface area contributed by atoms with Crippen molar-refractivity contribution in [2.75, 3.05) is 44.2 Å². The van der Waals surface area contributed by atoms with Crippen molar-refractivity contribution in [2.24, 2.45) is 0 Å². The predicted octanol–water partition coefficient (Wildman–Crippen LogP) is 4.80. The van der Waals surface area contributed by atoms with Crippen molar-refractivity contribution in [3.63, 3.8) is 0 Å². The third kappa shape index (κ3) is 4.76. The average molecular weight is 445 g/mol. The lowest BCUT2D eigenvalue weighted by molar-refractivity contribution is 0.200. The highest BCUT2D eigenvalue weighted by Crippen LogP contribution is 2.23. The number of hydrogen-bond acceptors (Lipinski definition) is 5. The van der Waals surface area contributed by atoms with E-state index in [0.29, 0.717) is 28.9 Å². The third-order valence-electron chi connectivity index (χ3n) is 6.07. The standard InChI is InChI=1S/C27H25FN2O3/c28-21-6-8-22(9-7-21)30-14-12-29(13-15-30)16-17-32-23-10-11-24-26(18-23)33-19-25(27(24)31)20-4-2-1-3-5-20/h1-11,18-19H,12-17H2. The molecule has 1 aliphatic rings. The molecule has 0 atom stereocenters. The Bertz CT molecular complexity index is 1280. The van der Waals surface area contributed by atoms with Gasteiger partial charge < -0.3 is 14.1 Å². The van der Waals surface area contributed by atoms with Gasteiger partial charge in [-0.3, -0.25) is 9.69 Å². The van der Waals surface area contributed by atoms with E-state index in [1.165, 1.54) is 18.4 Å². The Morgan fingerprint density at radius 3 is 2.42 bits per heavy atom. The molecule has 3 aromatic carbocycles. The Kier molecular flexibility index (Phi) is 6.09. The minimum absolute atomic E-state index is 0.0481. The maximum Gasteiger partial charge on any atom is 0.200 e. The Balaban J connectivity index is 1.17. The first-order valence-electron chi connectivity index (χ1n) is 11.1. The van der Waals surface area contributed by atoms with Crippen molar-refractivity contribution >= 4 is 16.7 Å². The van der Waals surface area contributed by atoms with E-state index in [1.54, 1.807) is 12.1 Å². The zero-order valence-corrected chi connectivity index (χ0v) is 18.2. The molecule has 4 aromatic rings. The van der Waals surface area contributed by atoms with Crippen LogP contribution in [0, 0.1) is 5.82 Å². The van der Waals surface area contributed by atoms with Crippen molar-refractivity contribution in [1.29, 1.82) is 0 Å². The first-order chi connectivity index (χ1) is 16.2. The summed E-state index contributed by atoms with van der Waals surface area (Å²) in [6.45, 7) is 5.01. The van der Waals surface area contributed by atoms with Crippen LogP contribution in [-0.2, 0) is 0 Å². The van der Waals surface area contributed by atoms with Gasteiger partial charge in [0.15, 0.2) is 5.43 Å². The van der Waals surface area contributed by atoms with Gasteiger partial charge in [-0.1, -0.05) is 30.3 Å². The molecule has 33 heavy (non-hydrogen) atoms. The first kappa shape index (κ1) is 21.2. The lowest BCUT2D eigenvalue weighted by Gasteiger charge is -2.36. The molecule has 168 valence electrons. The average Bonchev–Trinajstić information content (AvgIpc) is 2.86. The second kappa shape index (κ2) is 9.46. The molecule has 1 saturated heterocycles. The number of piperazine rings is 1. The van der Waals surface area contributed by atoms with Gasteiger partial charge in [0.2, 0.25) is 0 Å². The highest BCUT2D eigenvalue weighted by atomic mass is 19.1. The number of ether oxygens (including phenoxy) is 1. The maximum atomic E-state index is 13.1. The first-order valence-corrected chi connectivity index (χ1v) is 11.1. The van der Waals surface area contributed by atoms with E-state index in [1.807, 2.05) is 48.5 Å². The molecule has 0 unspecified atom stereocenters. The summed E-state index contributed by atoms with van der Waals surface area (Å²) in [6, 6.07) is 21.5. The van der Waals surface area contributed by atoms with Crippen LogP contribution in [0.15, 0.2) is 88.3 Å². The van der Waals surface area contributed by atoms with Crippen LogP contribution in [0.25, 0.3) is 22.1 Å². The van der Waals surface area contributed by atoms with Gasteiger partial charge in [-0.15, -0.1) is 0 Å². The molecule has 5 nitrogen and oxygen atoms in total. The molecule has 1 aliphatic heterocycles. The minimum atomic E-state index is -0.209. The summed E-state index contributed by atoms with van der Waals surface area (Å²) in [6.07, 6.45) is 1.52. The highest BCUT2D eigenvalue weighted by molar-refractivity contribution is 5.82. The number of rotatable bonds is 6. The van der Waals surface area contributed by atoms with Crippen LogP contribution in [0.5, 0.6) is 5.75 Å². The van der Waals surface area contributed by atoms with E-state index in [4.69, 9.17) is 9.15 Å². The lowest BCUT2D eigenvalue weighted by Crippen LogP contribution is -2.47. The van der Waals surface area contributed by atoms with Crippen LogP contribution in [0.2, 0.25) is 0 Å². The Morgan fingerprint density at radius 1 is 0.909 bits per heavy atom. The molecule has 1 fully saturated rings. The van der Waals surface area contributed by atoms with Crippen molar-refractivity contribution in [1.82, 2.24) is 4.90 Å². The summed E-state index contributed by atoms with van der Waals surface area (Å²) in [4.78, 5) is 17.5. The van der Waals surface area contributed by atoms with Crippen molar-refractivity contribution in [2.45, 2.75) is 0 Å². The zero-order chi connectivity index (χ0) is 22.6. The monoisotopic (exact) mass is 444 g/mol. The smallest absolute Gasteiger partial charge is 0.200 e. The fourth-order valence-electron chi connectivity index (χ4n) is 4.19. The van der Waals surface area contributed by atoms with E-state index in [2.05, 4.69) is 9.80 Å². The van der Waals surface area contributed by atoms with E-state index >= 15 is 0 Å². The van der Waals surface area contributed by atoms with Gasteiger partial charge in [-0.2, -0.15) is 0 Å². The molecule has 0 radical (unpaired) electrons. The maximum absolute atomic E-state index is 13.1. The molecule has 0 aliphatic carbocycles. The van der Waals surface area contributed by atoms with E-state index in [9.17, 15) is 9.18 Å². The van der Waals surface area contributed by atoms with Gasteiger partial charge in [-0.25, -0.2) is 4.39 Å². The molecular weight excluding hydrogens is 419 g/mol. The summed E-state index contributed by atoms with van der Waals surface area (Å²) in [5, 5.41) is 0.542. The fraction of sp³-hybridized carbons (Fsp3) is 0.222. The van der Waals surface area contributed by atoms with Crippen LogP contribution >= 0.6 is 0 Å². The summed E-state index contributed by atoms with van der Waals surface area (Å²) in [7, 11) is 0. The molecule has 6 heteroatoms. The van der Waals surface area contributed by atoms with Crippen LogP contribution in [0.4, 0.5) is 10.1 Å². The highest BCUT2D eigenvalue weighted by Gasteiger charge is 2.17. The number of benzene rings is 3. The summed E-state index contributed by atoms with van der Waals surface area (Å²) in [5.74, 6) is 0.474. The van der Waals surface area contributed by atoms with Gasteiger partial charge in [0.05, 0.1) is 10.9 Å². The van der Waals surface area contributed by atoms with E-state index in [0.717, 1.165) is 44.0 Å². The molecule has 5 rings (SSSR count). The van der Waals surface area contributed by atoms with Crippen LogP contribution in [0.3, 0.4) is 0 Å². The zero-order valence-electron chi connectivity index (χ0n) is 18.2. The SMILES string of the molecule is O=c1c(-c2ccccc2)coc2cc(OCCN3CCN(c4ccc(F)cc4)CC3)ccc12. The largest absolute Gasteiger partial charge is 0.492 e. The number of fused-ring (bicyclic) bond motifs is 1. The van der Waals surface area contributed by atoms with E-state index in [-0.39, 0.29) is 11.2 Å². The Hall–Kier alpha value is -3.64. The molecule has 0 bridgehead atoms. The number of nitrogens with zero attached hydrogens (tertiary/aromatic N) is 2. The van der Waals surface area contributed by atoms with Crippen molar-refractivity contribution in [3.8, 4) is 16.9 Å². The molecular formula is C27H25FN2O3. The summed E-state index contributed by atoms with van der Waals surface area (Å²) >= 11 is 0. The van der Waals surface area contributed by atoms with E-state index < -0.39 is 0 Å². The van der Waals surface area contributed by atoms with Gasteiger partial charge >= 0.3 is 0 Å². The minimum Gasteiger partial charge on any atom is -0.492 e. The molecule has 0 saturated carbocycles. The number of anilines is 1. The Labute approximate surface area is 191 Å². The van der Waals surface area contributed by atoms with Crippen LogP contribution in [0.1, 0.15) is 0 Å². The van der Waals surface area contributed by atoms with Gasteiger partial charge in [0, 0.05) is 44.5 Å². The number of halogens is 1. The summed E-state index contributed by atoms with van der Waals surface area (Å²) < 4.78 is 24.8. The van der Waals surface area contributed by atoms with Crippen molar-refractivity contribution < 1.29 is 13.5 Å². The third-order valence-corrected chi connectivity index (χ3v) is 6.07. The topological polar surface area (TPSA) is 45.9 Å². The Morgan fingerprint density at radius 2 is 1.67 bits per heavy atom. The second-order valence-electron chi connectivity index (χ2n) is 8.16. The molecule has 0 N–H and O–H groups in total. The van der Waals surface area contributed by atoms with Crippen LogP contribution in [-0.4, -0.2) is 44.2 Å². The van der Waals surface area contributed by atoms with Gasteiger partial charge in [0.25, 0.3) is 0 Å². The van der Waals surface area contributed by atoms with Crippen molar-refractivity contribution in [3.05, 3.63) is 95.1 Å². The summed E-state index contributed by atoms with van der Waals surface area (Å²) in [5.41, 5.74) is 2.92. The van der Waals surface area contributed by atoms with Gasteiger partial charge in [-0.05, 0) is 42.0 Å². The number of hydrogen-bond donors (Lipinski definition) is 0. The predicted molar refractivity (Wildman–Crippen MR) is 128 cm³/mol. The lowest BCUT2D eigenvalue weighted by atomic mass is 10.1. The second-order valence-corrected chi connectivity index (χ2v) is 8.16. The quantitative estimate of drug-likeness (QED) is 0.428. The normalized spacial score (nSPS) is 14.5. The molecule has 0 amide bonds.